The zero-order valence-corrected chi connectivity index (χ0v) is 24.6. The maximum absolute atomic E-state index is 7.26. The molecule has 1 atom stereocenters. The van der Waals surface area contributed by atoms with Crippen molar-refractivity contribution in [3.05, 3.63) is 120 Å². The van der Waals surface area contributed by atoms with Crippen LogP contribution in [0, 0.1) is 13.0 Å². The number of nitrogens with zero attached hydrogens (tertiary/aromatic N) is 1. The van der Waals surface area contributed by atoms with Crippen LogP contribution < -0.4 is 10.6 Å². The molecule has 179 valence electrons. The molecule has 1 heterocycles. The summed E-state index contributed by atoms with van der Waals surface area (Å²) in [6.07, 6.45) is 3.76. The molecule has 1 unspecified atom stereocenters. The molecule has 0 aliphatic carbocycles. The van der Waals surface area contributed by atoms with Gasteiger partial charge in [-0.05, 0) is 49.0 Å². The monoisotopic (exact) mass is 683 g/mol. The molecule has 34 heavy (non-hydrogen) atoms. The second kappa shape index (κ2) is 17.1. The molecule has 0 aliphatic rings. The first kappa shape index (κ1) is 28.8. The molecule has 0 saturated carbocycles. The van der Waals surface area contributed by atoms with Gasteiger partial charge in [0.05, 0.1) is 0 Å². The predicted molar refractivity (Wildman–Crippen MR) is 150 cm³/mol. The molecule has 1 aromatic heterocycles. The van der Waals surface area contributed by atoms with Gasteiger partial charge in [-0.2, -0.15) is 0 Å². The van der Waals surface area contributed by atoms with Crippen molar-refractivity contribution in [3.8, 4) is 11.3 Å². The van der Waals surface area contributed by atoms with Crippen LogP contribution in [0.25, 0.3) is 17.0 Å². The number of rotatable bonds is 7. The average molecular weight is 682 g/mol. The van der Waals surface area contributed by atoms with Crippen molar-refractivity contribution in [1.29, 1.82) is 0 Å². The Kier molecular flexibility index (Phi) is 14.4. The molecule has 6 heteroatoms. The normalized spacial score (nSPS) is 10.1. The van der Waals surface area contributed by atoms with Crippen LogP contribution in [0.2, 0.25) is 0 Å². The summed E-state index contributed by atoms with van der Waals surface area (Å²) in [7, 11) is 7.33. The topological polar surface area (TPSA) is 36.7 Å². The van der Waals surface area contributed by atoms with Crippen molar-refractivity contribution >= 4 is 37.4 Å². The first-order valence-electron chi connectivity index (χ1n) is 11.0. The number of benzene rings is 3. The third kappa shape index (κ3) is 9.66. The summed E-state index contributed by atoms with van der Waals surface area (Å²) in [5.41, 5.74) is 11.1. The van der Waals surface area contributed by atoms with Crippen LogP contribution in [0.15, 0.2) is 97.1 Å². The van der Waals surface area contributed by atoms with E-state index in [9.17, 15) is 0 Å². The second-order valence-electron chi connectivity index (χ2n) is 7.44. The Morgan fingerprint density at radius 1 is 0.882 bits per heavy atom. The SMILES string of the molecule is Cc1c[c-]c(-c2cccc(C[NH-])n2)cc1.PCCCP(c1ccccc1)c1ccccc1.[Cl][Os]. The van der Waals surface area contributed by atoms with Gasteiger partial charge >= 0.3 is 27.2 Å². The fourth-order valence-corrected chi connectivity index (χ4v) is 6.19. The minimum atomic E-state index is -0.170. The predicted octanol–water partition coefficient (Wildman–Crippen LogP) is 7.48. The van der Waals surface area contributed by atoms with E-state index in [2.05, 4.69) is 90.6 Å². The molecule has 0 aliphatic heterocycles. The number of halogens is 1. The maximum atomic E-state index is 7.26. The molecule has 0 spiro atoms. The Labute approximate surface area is 222 Å². The quantitative estimate of drug-likeness (QED) is 0.147. The number of hydrogen-bond donors (Lipinski definition) is 0. The third-order valence-electron chi connectivity index (χ3n) is 4.95. The van der Waals surface area contributed by atoms with Gasteiger partial charge in [-0.1, -0.05) is 79.7 Å². The van der Waals surface area contributed by atoms with Gasteiger partial charge in [0.2, 0.25) is 0 Å². The summed E-state index contributed by atoms with van der Waals surface area (Å²) in [5.74, 6) is 0. The molecule has 0 radical (unpaired) electrons. The van der Waals surface area contributed by atoms with Crippen LogP contribution in [0.4, 0.5) is 0 Å². The van der Waals surface area contributed by atoms with Crippen LogP contribution in [0.5, 0.6) is 0 Å². The standard InChI is InChI=1S/C15H18P2.C13H12N2.ClH.Os/c16-12-7-13-17(14-8-3-1-4-9-14)15-10-5-2-6-11-15;1-10-5-7-11(8-6-10)13-4-2-3-12(9-14)15-13;;/h1-6,8-11H,7,12-13,16H2;2-7,14H,9H2,1H3;1H;/q;-2;;+1/p-1. The van der Waals surface area contributed by atoms with E-state index in [0.717, 1.165) is 17.0 Å². The van der Waals surface area contributed by atoms with Crippen LogP contribution in [0.1, 0.15) is 17.7 Å². The summed E-state index contributed by atoms with van der Waals surface area (Å²) in [6, 6.07) is 36.8. The Morgan fingerprint density at radius 3 is 2.00 bits per heavy atom. The summed E-state index contributed by atoms with van der Waals surface area (Å²) >= 11 is 1.33. The second-order valence-corrected chi connectivity index (χ2v) is 10.3. The number of hydrogen-bond acceptors (Lipinski definition) is 1. The first-order chi connectivity index (χ1) is 16.7. The van der Waals surface area contributed by atoms with Gasteiger partial charge in [0, 0.05) is 5.69 Å². The zero-order chi connectivity index (χ0) is 24.6. The Morgan fingerprint density at radius 2 is 1.50 bits per heavy atom. The van der Waals surface area contributed by atoms with E-state index in [1.165, 1.54) is 52.5 Å². The summed E-state index contributed by atoms with van der Waals surface area (Å²) in [5, 5.41) is 2.99. The van der Waals surface area contributed by atoms with Gasteiger partial charge in [-0.15, -0.1) is 51.2 Å². The van der Waals surface area contributed by atoms with Gasteiger partial charge in [-0.3, -0.25) is 0 Å². The number of aromatic nitrogens is 1. The van der Waals surface area contributed by atoms with Gasteiger partial charge in [0.1, 0.15) is 0 Å². The van der Waals surface area contributed by atoms with Crippen molar-refractivity contribution in [2.24, 2.45) is 0 Å². The van der Waals surface area contributed by atoms with Gasteiger partial charge in [-0.25, -0.2) is 0 Å². The van der Waals surface area contributed by atoms with E-state index < -0.39 is 0 Å². The molecule has 2 nitrogen and oxygen atoms in total. The number of pyridine rings is 1. The summed E-state index contributed by atoms with van der Waals surface area (Å²) in [4.78, 5) is 4.37. The van der Waals surface area contributed by atoms with Crippen molar-refractivity contribution < 1.29 is 17.6 Å². The van der Waals surface area contributed by atoms with E-state index in [-0.39, 0.29) is 14.5 Å². The van der Waals surface area contributed by atoms with Crippen molar-refractivity contribution in [1.82, 2.24) is 4.98 Å². The molecule has 3 aromatic carbocycles. The van der Waals surface area contributed by atoms with Crippen molar-refractivity contribution in [3.63, 3.8) is 0 Å². The van der Waals surface area contributed by atoms with E-state index in [1.54, 1.807) is 0 Å². The average Bonchev–Trinajstić information content (AvgIpc) is 2.92. The Hall–Kier alpha value is -1.44. The van der Waals surface area contributed by atoms with E-state index in [0.29, 0.717) is 0 Å². The van der Waals surface area contributed by atoms with E-state index in [4.69, 9.17) is 5.73 Å². The van der Waals surface area contributed by atoms with Crippen LogP contribution in [-0.4, -0.2) is 17.3 Å². The van der Waals surface area contributed by atoms with Crippen molar-refractivity contribution in [2.45, 2.75) is 19.9 Å². The van der Waals surface area contributed by atoms with Crippen LogP contribution >= 0.6 is 26.8 Å². The van der Waals surface area contributed by atoms with E-state index in [1.807, 2.05) is 43.3 Å². The van der Waals surface area contributed by atoms with Gasteiger partial charge < -0.3 is 10.7 Å². The molecule has 1 N–H and O–H groups in total. The number of nitrogens with one attached hydrogen (secondary N) is 1. The van der Waals surface area contributed by atoms with Crippen LogP contribution in [-0.2, 0) is 24.1 Å². The Bertz CT molecular complexity index is 1030. The molecule has 0 saturated heterocycles. The fraction of sp³-hybridized carbons (Fsp3) is 0.179. The minimum absolute atomic E-state index is 0.170. The molecule has 4 rings (SSSR count). The molecule has 4 aromatic rings. The van der Waals surface area contributed by atoms with Crippen molar-refractivity contribution in [2.75, 3.05) is 12.3 Å². The zero-order valence-electron chi connectivity index (χ0n) is 19.3. The molecule has 0 fully saturated rings. The summed E-state index contributed by atoms with van der Waals surface area (Å²) < 4.78 is 0. The molecule has 0 amide bonds. The van der Waals surface area contributed by atoms with Gasteiger partial charge in [0.15, 0.2) is 0 Å². The molecular formula is C28H30ClN2OsP2-2. The van der Waals surface area contributed by atoms with Gasteiger partial charge in [0.25, 0.3) is 0 Å². The first-order valence-corrected chi connectivity index (χ1v) is 16.5. The van der Waals surface area contributed by atoms with Crippen LogP contribution in [0.3, 0.4) is 0 Å². The summed E-state index contributed by atoms with van der Waals surface area (Å²) in [6.45, 7) is 2.26. The molecule has 0 bridgehead atoms. The fourth-order valence-electron chi connectivity index (χ4n) is 3.26. The third-order valence-corrected chi connectivity index (χ3v) is 7.97. The van der Waals surface area contributed by atoms with E-state index >= 15 is 0 Å². The Balaban J connectivity index is 0.000000225. The molecular weight excluding hydrogens is 652 g/mol. The number of aryl methyl sites for hydroxylation is 1.